The number of nitrogens with one attached hydrogen (secondary N) is 1. The number of nitrogens with zero attached hydrogens (tertiary/aromatic N) is 1. The molecule has 144 valence electrons. The summed E-state index contributed by atoms with van der Waals surface area (Å²) in [5.74, 6) is 0.922. The Bertz CT molecular complexity index is 1010. The van der Waals surface area contributed by atoms with Gasteiger partial charge in [-0.1, -0.05) is 36.4 Å². The molecule has 3 aromatic rings. The van der Waals surface area contributed by atoms with Crippen LogP contribution in [-0.2, 0) is 20.2 Å². The Morgan fingerprint density at radius 3 is 2.50 bits per heavy atom. The minimum absolute atomic E-state index is 0.228. The van der Waals surface area contributed by atoms with Crippen molar-refractivity contribution >= 4 is 5.91 Å². The molecule has 0 bridgehead atoms. The minimum atomic E-state index is -0.305. The normalized spacial score (nSPS) is 10.4. The van der Waals surface area contributed by atoms with Gasteiger partial charge in [0.15, 0.2) is 11.5 Å². The van der Waals surface area contributed by atoms with Crippen molar-refractivity contribution in [2.75, 3.05) is 7.11 Å². The molecule has 0 aliphatic heterocycles. The van der Waals surface area contributed by atoms with Crippen LogP contribution in [-0.4, -0.2) is 17.6 Å². The maximum Gasteiger partial charge on any atom is 0.251 e. The summed E-state index contributed by atoms with van der Waals surface area (Å²) in [5, 5.41) is 2.81. The highest BCUT2D eigenvalue weighted by Crippen LogP contribution is 2.28. The predicted octanol–water partition coefficient (Wildman–Crippen LogP) is 2.90. The number of pyridine rings is 1. The molecule has 0 atom stereocenters. The molecule has 1 heterocycles. The lowest BCUT2D eigenvalue weighted by Crippen LogP contribution is -2.25. The average Bonchev–Trinajstić information content (AvgIpc) is 2.73. The Hall–Kier alpha value is -3.54. The molecule has 3 rings (SSSR count). The molecule has 1 N–H and O–H groups in total. The average molecular weight is 378 g/mol. The molecule has 0 spiro atoms. The first-order chi connectivity index (χ1) is 13.6. The van der Waals surface area contributed by atoms with Crippen LogP contribution in [0.25, 0.3) is 0 Å². The van der Waals surface area contributed by atoms with Crippen LogP contribution in [0.5, 0.6) is 11.5 Å². The molecule has 2 aromatic carbocycles. The van der Waals surface area contributed by atoms with Crippen molar-refractivity contribution in [2.45, 2.75) is 13.2 Å². The largest absolute Gasteiger partial charge is 0.493 e. The van der Waals surface area contributed by atoms with E-state index in [0.717, 1.165) is 11.1 Å². The van der Waals surface area contributed by atoms with Crippen LogP contribution in [0.4, 0.5) is 0 Å². The lowest BCUT2D eigenvalue weighted by molar-refractivity contribution is 0.0950. The molecule has 6 heteroatoms. The van der Waals surface area contributed by atoms with E-state index < -0.39 is 0 Å². The number of aryl methyl sites for hydroxylation is 1. The summed E-state index contributed by atoms with van der Waals surface area (Å²) in [6, 6.07) is 18.3. The summed E-state index contributed by atoms with van der Waals surface area (Å²) in [4.78, 5) is 23.9. The molecule has 0 saturated heterocycles. The van der Waals surface area contributed by atoms with Crippen LogP contribution in [0.15, 0.2) is 71.7 Å². The number of rotatable bonds is 7. The fourth-order valence-corrected chi connectivity index (χ4v) is 2.65. The van der Waals surface area contributed by atoms with Gasteiger partial charge in [0.2, 0.25) is 0 Å². The van der Waals surface area contributed by atoms with Crippen molar-refractivity contribution < 1.29 is 14.3 Å². The lowest BCUT2D eigenvalue weighted by atomic mass is 10.2. The summed E-state index contributed by atoms with van der Waals surface area (Å²) < 4.78 is 12.7. The van der Waals surface area contributed by atoms with Gasteiger partial charge in [0, 0.05) is 31.4 Å². The van der Waals surface area contributed by atoms with Crippen LogP contribution >= 0.6 is 0 Å². The molecule has 1 amide bonds. The molecule has 28 heavy (non-hydrogen) atoms. The van der Waals surface area contributed by atoms with Gasteiger partial charge in [-0.25, -0.2) is 0 Å². The van der Waals surface area contributed by atoms with E-state index in [-0.39, 0.29) is 11.5 Å². The highest BCUT2D eigenvalue weighted by molar-refractivity contribution is 5.93. The summed E-state index contributed by atoms with van der Waals surface area (Å²) in [5.41, 5.74) is 2.03. The Balaban J connectivity index is 1.63. The number of benzene rings is 2. The number of carbonyl (C=O) groups is 1. The van der Waals surface area contributed by atoms with Crippen LogP contribution in [0.3, 0.4) is 0 Å². The van der Waals surface area contributed by atoms with Crippen molar-refractivity contribution in [1.29, 1.82) is 0 Å². The van der Waals surface area contributed by atoms with E-state index in [0.29, 0.717) is 30.2 Å². The number of hydrogen-bond acceptors (Lipinski definition) is 4. The molecule has 0 fully saturated rings. The molecule has 0 radical (unpaired) electrons. The Morgan fingerprint density at radius 1 is 1.00 bits per heavy atom. The standard InChI is InChI=1S/C22H22N2O4/c1-24-11-10-18(13-21(24)25)22(26)23-14-17-8-9-19(20(12-17)27-2)28-15-16-6-4-3-5-7-16/h3-13H,14-15H2,1-2H3,(H,23,26). The van der Waals surface area contributed by atoms with Crippen molar-refractivity contribution in [3.8, 4) is 11.5 Å². The second-order valence-corrected chi connectivity index (χ2v) is 6.31. The minimum Gasteiger partial charge on any atom is -0.493 e. The van der Waals surface area contributed by atoms with Crippen LogP contribution in [0, 0.1) is 0 Å². The molecule has 0 aliphatic carbocycles. The van der Waals surface area contributed by atoms with Crippen LogP contribution < -0.4 is 20.3 Å². The zero-order chi connectivity index (χ0) is 19.9. The maximum atomic E-state index is 12.2. The van der Waals surface area contributed by atoms with Crippen molar-refractivity contribution in [3.63, 3.8) is 0 Å². The molecule has 0 unspecified atom stereocenters. The van der Waals surface area contributed by atoms with Gasteiger partial charge in [-0.3, -0.25) is 9.59 Å². The van der Waals surface area contributed by atoms with Gasteiger partial charge in [0.1, 0.15) is 6.61 Å². The van der Waals surface area contributed by atoms with Crippen LogP contribution in [0.1, 0.15) is 21.5 Å². The summed E-state index contributed by atoms with van der Waals surface area (Å²) >= 11 is 0. The van der Waals surface area contributed by atoms with Gasteiger partial charge in [-0.2, -0.15) is 0 Å². The first kappa shape index (κ1) is 19.2. The lowest BCUT2D eigenvalue weighted by Gasteiger charge is -2.13. The zero-order valence-electron chi connectivity index (χ0n) is 15.8. The van der Waals surface area contributed by atoms with Crippen molar-refractivity contribution in [3.05, 3.63) is 93.9 Å². The van der Waals surface area contributed by atoms with Crippen molar-refractivity contribution in [1.82, 2.24) is 9.88 Å². The molecule has 0 saturated carbocycles. The first-order valence-electron chi connectivity index (χ1n) is 8.85. The van der Waals surface area contributed by atoms with Gasteiger partial charge >= 0.3 is 0 Å². The number of carbonyl (C=O) groups excluding carboxylic acids is 1. The third-order valence-corrected chi connectivity index (χ3v) is 4.28. The molecular weight excluding hydrogens is 356 g/mol. The summed E-state index contributed by atoms with van der Waals surface area (Å²) in [7, 11) is 3.21. The first-order valence-corrected chi connectivity index (χ1v) is 8.85. The van der Waals surface area contributed by atoms with Crippen molar-refractivity contribution in [2.24, 2.45) is 7.05 Å². The Morgan fingerprint density at radius 2 is 1.79 bits per heavy atom. The predicted molar refractivity (Wildman–Crippen MR) is 107 cm³/mol. The van der Waals surface area contributed by atoms with E-state index in [1.54, 1.807) is 26.4 Å². The number of ether oxygens (including phenoxy) is 2. The fraction of sp³-hybridized carbons (Fsp3) is 0.182. The number of aromatic nitrogens is 1. The van der Waals surface area contributed by atoms with Gasteiger partial charge < -0.3 is 19.4 Å². The third kappa shape index (κ3) is 4.79. The van der Waals surface area contributed by atoms with Gasteiger partial charge in [-0.05, 0) is 29.3 Å². The van der Waals surface area contributed by atoms with E-state index in [2.05, 4.69) is 5.32 Å². The Kier molecular flexibility index (Phi) is 6.11. The van der Waals surface area contributed by atoms with Gasteiger partial charge in [0.05, 0.1) is 7.11 Å². The van der Waals surface area contributed by atoms with E-state index in [4.69, 9.17) is 9.47 Å². The zero-order valence-corrected chi connectivity index (χ0v) is 15.8. The maximum absolute atomic E-state index is 12.2. The van der Waals surface area contributed by atoms with E-state index >= 15 is 0 Å². The molecular formula is C22H22N2O4. The fourth-order valence-electron chi connectivity index (χ4n) is 2.65. The SMILES string of the molecule is COc1cc(CNC(=O)c2ccn(C)c(=O)c2)ccc1OCc1ccccc1. The van der Waals surface area contributed by atoms with Gasteiger partial charge in [-0.15, -0.1) is 0 Å². The summed E-state index contributed by atoms with van der Waals surface area (Å²) in [6.07, 6.45) is 1.57. The topological polar surface area (TPSA) is 69.6 Å². The molecule has 6 nitrogen and oxygen atoms in total. The highest BCUT2D eigenvalue weighted by Gasteiger charge is 2.09. The second kappa shape index (κ2) is 8.90. The molecule has 0 aliphatic rings. The highest BCUT2D eigenvalue weighted by atomic mass is 16.5. The number of amides is 1. The number of methoxy groups -OCH3 is 1. The molecule has 1 aromatic heterocycles. The number of hydrogen-bond donors (Lipinski definition) is 1. The summed E-state index contributed by atoms with van der Waals surface area (Å²) in [6.45, 7) is 0.750. The monoisotopic (exact) mass is 378 g/mol. The van der Waals surface area contributed by atoms with E-state index in [9.17, 15) is 9.59 Å². The van der Waals surface area contributed by atoms with E-state index in [1.807, 2.05) is 48.5 Å². The quantitative estimate of drug-likeness (QED) is 0.686. The Labute approximate surface area is 163 Å². The van der Waals surface area contributed by atoms with Gasteiger partial charge in [0.25, 0.3) is 11.5 Å². The smallest absolute Gasteiger partial charge is 0.251 e. The van der Waals surface area contributed by atoms with Crippen LogP contribution in [0.2, 0.25) is 0 Å². The van der Waals surface area contributed by atoms with E-state index in [1.165, 1.54) is 10.6 Å². The second-order valence-electron chi connectivity index (χ2n) is 6.31. The third-order valence-electron chi connectivity index (χ3n) is 4.28.